The molecule has 1 amide bonds. The number of rotatable bonds is 5. The lowest BCUT2D eigenvalue weighted by molar-refractivity contribution is -0.126. The average molecular weight is 227 g/mol. The van der Waals surface area contributed by atoms with Crippen molar-refractivity contribution in [3.05, 3.63) is 0 Å². The molecule has 4 nitrogen and oxygen atoms in total. The summed E-state index contributed by atoms with van der Waals surface area (Å²) in [7, 11) is 1.71. The Balaban J connectivity index is 2.49. The van der Waals surface area contributed by atoms with Crippen LogP contribution in [0.4, 0.5) is 0 Å². The van der Waals surface area contributed by atoms with Crippen LogP contribution in [0, 0.1) is 5.92 Å². The number of likely N-dealkylation sites (N-methyl/N-ethyl adjacent to an activating group) is 1. The molecule has 0 aliphatic carbocycles. The first kappa shape index (κ1) is 13.5. The van der Waals surface area contributed by atoms with Crippen molar-refractivity contribution in [3.8, 4) is 0 Å². The van der Waals surface area contributed by atoms with Gasteiger partial charge in [-0.05, 0) is 12.3 Å². The summed E-state index contributed by atoms with van der Waals surface area (Å²) in [6.45, 7) is 8.27. The summed E-state index contributed by atoms with van der Waals surface area (Å²) in [6.07, 6.45) is 2.46. The van der Waals surface area contributed by atoms with Gasteiger partial charge >= 0.3 is 0 Å². The van der Waals surface area contributed by atoms with E-state index in [0.717, 1.165) is 26.2 Å². The summed E-state index contributed by atoms with van der Waals surface area (Å²) >= 11 is 0. The molecule has 0 bridgehead atoms. The maximum Gasteiger partial charge on any atom is 0.238 e. The first-order valence-corrected chi connectivity index (χ1v) is 6.35. The number of piperazine rings is 1. The molecule has 1 aliphatic heterocycles. The molecule has 1 saturated heterocycles. The van der Waals surface area contributed by atoms with Crippen LogP contribution < -0.4 is 10.6 Å². The molecule has 0 radical (unpaired) electrons. The van der Waals surface area contributed by atoms with Gasteiger partial charge in [0.25, 0.3) is 0 Å². The Morgan fingerprint density at radius 3 is 3.00 bits per heavy atom. The number of hydrogen-bond donors (Lipinski definition) is 2. The van der Waals surface area contributed by atoms with E-state index in [4.69, 9.17) is 0 Å². The molecule has 0 saturated carbocycles. The van der Waals surface area contributed by atoms with Gasteiger partial charge in [0, 0.05) is 33.2 Å². The zero-order chi connectivity index (χ0) is 12.0. The van der Waals surface area contributed by atoms with Crippen LogP contribution in [0.2, 0.25) is 0 Å². The minimum Gasteiger partial charge on any atom is -0.358 e. The van der Waals surface area contributed by atoms with Crippen molar-refractivity contribution in [3.63, 3.8) is 0 Å². The number of nitrogens with one attached hydrogen (secondary N) is 2. The zero-order valence-electron chi connectivity index (χ0n) is 10.8. The second-order valence-electron chi connectivity index (χ2n) is 4.72. The second-order valence-corrected chi connectivity index (χ2v) is 4.72. The lowest BCUT2D eigenvalue weighted by Gasteiger charge is -2.36. The summed E-state index contributed by atoms with van der Waals surface area (Å²) < 4.78 is 0. The number of nitrogens with zero attached hydrogens (tertiary/aromatic N) is 1. The highest BCUT2D eigenvalue weighted by molar-refractivity contribution is 5.81. The van der Waals surface area contributed by atoms with Crippen LogP contribution in [0.5, 0.6) is 0 Å². The van der Waals surface area contributed by atoms with Gasteiger partial charge in [-0.1, -0.05) is 20.3 Å². The van der Waals surface area contributed by atoms with Crippen LogP contribution in [-0.2, 0) is 4.79 Å². The van der Waals surface area contributed by atoms with Gasteiger partial charge in [-0.3, -0.25) is 9.69 Å². The predicted octanol–water partition coefficient (Wildman–Crippen LogP) is 0.442. The highest BCUT2D eigenvalue weighted by atomic mass is 16.2. The van der Waals surface area contributed by atoms with Gasteiger partial charge < -0.3 is 10.6 Å². The molecule has 0 aromatic rings. The molecule has 1 heterocycles. The number of amides is 1. The lowest BCUT2D eigenvalue weighted by atomic mass is 10.0. The van der Waals surface area contributed by atoms with Crippen molar-refractivity contribution in [2.45, 2.75) is 32.7 Å². The first-order valence-electron chi connectivity index (χ1n) is 6.35. The molecule has 1 aliphatic rings. The fourth-order valence-corrected chi connectivity index (χ4v) is 2.37. The molecule has 94 valence electrons. The average Bonchev–Trinajstić information content (AvgIpc) is 2.29. The van der Waals surface area contributed by atoms with Gasteiger partial charge in [0.1, 0.15) is 6.04 Å². The molecule has 4 heteroatoms. The van der Waals surface area contributed by atoms with Gasteiger partial charge in [-0.15, -0.1) is 0 Å². The van der Waals surface area contributed by atoms with E-state index in [1.54, 1.807) is 7.05 Å². The Kier molecular flexibility index (Phi) is 5.77. The Labute approximate surface area is 98.8 Å². The highest BCUT2D eigenvalue weighted by Crippen LogP contribution is 2.11. The summed E-state index contributed by atoms with van der Waals surface area (Å²) in [5.74, 6) is 0.811. The van der Waals surface area contributed by atoms with Crippen molar-refractivity contribution in [1.82, 2.24) is 15.5 Å². The summed E-state index contributed by atoms with van der Waals surface area (Å²) in [6, 6.07) is 0.0121. The van der Waals surface area contributed by atoms with E-state index in [9.17, 15) is 4.79 Å². The van der Waals surface area contributed by atoms with Crippen LogP contribution in [0.1, 0.15) is 26.7 Å². The molecule has 2 unspecified atom stereocenters. The summed E-state index contributed by atoms with van der Waals surface area (Å²) in [4.78, 5) is 14.0. The van der Waals surface area contributed by atoms with Crippen LogP contribution in [0.25, 0.3) is 0 Å². The molecule has 2 atom stereocenters. The minimum atomic E-state index is 0.0121. The molecule has 0 aromatic carbocycles. The van der Waals surface area contributed by atoms with Crippen molar-refractivity contribution in [2.24, 2.45) is 5.92 Å². The van der Waals surface area contributed by atoms with Crippen molar-refractivity contribution in [2.75, 3.05) is 33.2 Å². The topological polar surface area (TPSA) is 44.4 Å². The highest BCUT2D eigenvalue weighted by Gasteiger charge is 2.28. The smallest absolute Gasteiger partial charge is 0.238 e. The summed E-state index contributed by atoms with van der Waals surface area (Å²) in [5.41, 5.74) is 0. The predicted molar refractivity (Wildman–Crippen MR) is 66.4 cm³/mol. The Bertz CT molecular complexity index is 220. The molecular weight excluding hydrogens is 202 g/mol. The molecule has 0 aromatic heterocycles. The van der Waals surface area contributed by atoms with Gasteiger partial charge in [-0.2, -0.15) is 0 Å². The summed E-state index contributed by atoms with van der Waals surface area (Å²) in [5, 5.41) is 6.03. The van der Waals surface area contributed by atoms with E-state index in [1.165, 1.54) is 12.8 Å². The molecule has 2 N–H and O–H groups in total. The van der Waals surface area contributed by atoms with E-state index in [0.29, 0.717) is 5.92 Å². The van der Waals surface area contributed by atoms with Crippen LogP contribution in [-0.4, -0.2) is 50.1 Å². The fraction of sp³-hybridized carbons (Fsp3) is 0.917. The van der Waals surface area contributed by atoms with Crippen LogP contribution in [0.3, 0.4) is 0 Å². The van der Waals surface area contributed by atoms with Gasteiger partial charge in [0.05, 0.1) is 0 Å². The third kappa shape index (κ3) is 3.76. The van der Waals surface area contributed by atoms with E-state index >= 15 is 0 Å². The van der Waals surface area contributed by atoms with E-state index < -0.39 is 0 Å². The van der Waals surface area contributed by atoms with Gasteiger partial charge in [0.15, 0.2) is 0 Å². The standard InChI is InChI=1S/C12H25N3O/c1-4-5-10(2)9-15-7-6-14-8-11(15)12(16)13-3/h10-11,14H,4-9H2,1-3H3,(H,13,16). The number of carbonyl (C=O) groups is 1. The third-order valence-corrected chi connectivity index (χ3v) is 3.23. The van der Waals surface area contributed by atoms with Gasteiger partial charge in [-0.25, -0.2) is 0 Å². The van der Waals surface area contributed by atoms with Crippen LogP contribution in [0.15, 0.2) is 0 Å². The number of hydrogen-bond acceptors (Lipinski definition) is 3. The Hall–Kier alpha value is -0.610. The zero-order valence-corrected chi connectivity index (χ0v) is 10.8. The normalized spacial score (nSPS) is 24.1. The van der Waals surface area contributed by atoms with E-state index in [1.807, 2.05) is 0 Å². The third-order valence-electron chi connectivity index (χ3n) is 3.23. The van der Waals surface area contributed by atoms with E-state index in [2.05, 4.69) is 29.4 Å². The first-order chi connectivity index (χ1) is 7.69. The maximum absolute atomic E-state index is 11.7. The van der Waals surface area contributed by atoms with Crippen molar-refractivity contribution < 1.29 is 4.79 Å². The molecule has 1 rings (SSSR count). The van der Waals surface area contributed by atoms with Crippen molar-refractivity contribution >= 4 is 5.91 Å². The molecule has 16 heavy (non-hydrogen) atoms. The monoisotopic (exact) mass is 227 g/mol. The lowest BCUT2D eigenvalue weighted by Crippen LogP contribution is -2.58. The minimum absolute atomic E-state index is 0.0121. The molecule has 1 fully saturated rings. The van der Waals surface area contributed by atoms with E-state index in [-0.39, 0.29) is 11.9 Å². The fourth-order valence-electron chi connectivity index (χ4n) is 2.37. The quantitative estimate of drug-likeness (QED) is 0.716. The van der Waals surface area contributed by atoms with Crippen LogP contribution >= 0.6 is 0 Å². The van der Waals surface area contributed by atoms with Gasteiger partial charge in [0.2, 0.25) is 5.91 Å². The maximum atomic E-state index is 11.7. The molecular formula is C12H25N3O. The molecule has 0 spiro atoms. The number of carbonyl (C=O) groups excluding carboxylic acids is 1. The Morgan fingerprint density at radius 1 is 1.62 bits per heavy atom. The largest absolute Gasteiger partial charge is 0.358 e. The van der Waals surface area contributed by atoms with Crippen molar-refractivity contribution in [1.29, 1.82) is 0 Å². The Morgan fingerprint density at radius 2 is 2.38 bits per heavy atom. The second kappa shape index (κ2) is 6.86. The SMILES string of the molecule is CCCC(C)CN1CCNCC1C(=O)NC.